The lowest BCUT2D eigenvalue weighted by molar-refractivity contribution is 0.884. The van der Waals surface area contributed by atoms with Crippen molar-refractivity contribution in [1.82, 2.24) is 9.97 Å². The molecule has 0 saturated heterocycles. The highest BCUT2D eigenvalue weighted by atomic mass is 79.9. The fourth-order valence-electron chi connectivity index (χ4n) is 2.23. The molecule has 0 saturated carbocycles. The van der Waals surface area contributed by atoms with Gasteiger partial charge in [0.2, 0.25) is 0 Å². The first-order chi connectivity index (χ1) is 10.0. The highest BCUT2D eigenvalue weighted by molar-refractivity contribution is 9.10. The van der Waals surface area contributed by atoms with Gasteiger partial charge in [0.15, 0.2) is 0 Å². The van der Waals surface area contributed by atoms with Gasteiger partial charge in [0.25, 0.3) is 0 Å². The molecule has 0 amide bonds. The second kappa shape index (κ2) is 5.58. The fourth-order valence-corrected chi connectivity index (χ4v) is 2.82. The van der Waals surface area contributed by atoms with Gasteiger partial charge in [-0.2, -0.15) is 0 Å². The SMILES string of the molecule is CC(Nc1cc2[nH]c(=O)[nH]c2cc1Br)c1ccc(Cl)cc1. The molecule has 6 heteroatoms. The summed E-state index contributed by atoms with van der Waals surface area (Å²) >= 11 is 9.42. The molecule has 0 radical (unpaired) electrons. The van der Waals surface area contributed by atoms with Crippen LogP contribution >= 0.6 is 27.5 Å². The lowest BCUT2D eigenvalue weighted by atomic mass is 10.1. The van der Waals surface area contributed by atoms with E-state index >= 15 is 0 Å². The molecule has 1 aromatic heterocycles. The maximum atomic E-state index is 11.3. The molecule has 3 rings (SSSR count). The van der Waals surface area contributed by atoms with Crippen molar-refractivity contribution in [2.75, 3.05) is 5.32 Å². The predicted octanol–water partition coefficient (Wildman–Crippen LogP) is 4.45. The number of anilines is 1. The summed E-state index contributed by atoms with van der Waals surface area (Å²) in [4.78, 5) is 16.8. The van der Waals surface area contributed by atoms with E-state index < -0.39 is 0 Å². The van der Waals surface area contributed by atoms with Gasteiger partial charge in [-0.3, -0.25) is 0 Å². The van der Waals surface area contributed by atoms with Gasteiger partial charge in [0.05, 0.1) is 16.7 Å². The maximum Gasteiger partial charge on any atom is 0.323 e. The fraction of sp³-hybridized carbons (Fsp3) is 0.133. The molecular formula is C15H13BrClN3O. The van der Waals surface area contributed by atoms with E-state index in [1.54, 1.807) is 0 Å². The van der Waals surface area contributed by atoms with E-state index in [0.717, 1.165) is 31.8 Å². The molecule has 1 heterocycles. The Labute approximate surface area is 134 Å². The van der Waals surface area contributed by atoms with E-state index in [9.17, 15) is 4.79 Å². The number of imidazole rings is 1. The second-order valence-electron chi connectivity index (χ2n) is 4.87. The molecule has 108 valence electrons. The largest absolute Gasteiger partial charge is 0.378 e. The van der Waals surface area contributed by atoms with Crippen molar-refractivity contribution in [3.05, 3.63) is 61.9 Å². The standard InChI is InChI=1S/C15H13BrClN3O/c1-8(9-2-4-10(17)5-3-9)18-12-7-14-13(6-11(12)16)19-15(21)20-14/h2-8,18H,1H3,(H2,19,20,21). The summed E-state index contributed by atoms with van der Waals surface area (Å²) in [6, 6.07) is 11.6. The first-order valence-corrected chi connectivity index (χ1v) is 7.63. The van der Waals surface area contributed by atoms with Crippen molar-refractivity contribution in [3.8, 4) is 0 Å². The van der Waals surface area contributed by atoms with Crippen LogP contribution < -0.4 is 11.0 Å². The van der Waals surface area contributed by atoms with Gasteiger partial charge < -0.3 is 15.3 Å². The number of halogens is 2. The number of hydrogen-bond donors (Lipinski definition) is 3. The Balaban J connectivity index is 1.91. The van der Waals surface area contributed by atoms with E-state index in [4.69, 9.17) is 11.6 Å². The Bertz CT molecular complexity index is 838. The minimum Gasteiger partial charge on any atom is -0.378 e. The van der Waals surface area contributed by atoms with Gasteiger partial charge >= 0.3 is 5.69 Å². The first-order valence-electron chi connectivity index (χ1n) is 6.46. The van der Waals surface area contributed by atoms with Crippen LogP contribution in [0, 0.1) is 0 Å². The number of hydrogen-bond acceptors (Lipinski definition) is 2. The van der Waals surface area contributed by atoms with E-state index in [1.807, 2.05) is 36.4 Å². The molecule has 1 atom stereocenters. The van der Waals surface area contributed by atoms with Crippen molar-refractivity contribution in [2.45, 2.75) is 13.0 Å². The minimum absolute atomic E-state index is 0.113. The molecule has 4 nitrogen and oxygen atoms in total. The molecule has 0 aliphatic rings. The van der Waals surface area contributed by atoms with Crippen molar-refractivity contribution < 1.29 is 0 Å². The molecule has 3 N–H and O–H groups in total. The molecule has 0 fully saturated rings. The Kier molecular flexibility index (Phi) is 3.78. The van der Waals surface area contributed by atoms with Crippen molar-refractivity contribution in [3.63, 3.8) is 0 Å². The topological polar surface area (TPSA) is 60.7 Å². The number of nitrogens with one attached hydrogen (secondary N) is 3. The van der Waals surface area contributed by atoms with Crippen LogP contribution in [-0.4, -0.2) is 9.97 Å². The zero-order valence-corrected chi connectivity index (χ0v) is 13.5. The molecule has 0 bridgehead atoms. The van der Waals surface area contributed by atoms with Crippen LogP contribution in [-0.2, 0) is 0 Å². The maximum absolute atomic E-state index is 11.3. The summed E-state index contributed by atoms with van der Waals surface area (Å²) in [7, 11) is 0. The van der Waals surface area contributed by atoms with Crippen LogP contribution in [0.4, 0.5) is 5.69 Å². The smallest absolute Gasteiger partial charge is 0.323 e. The summed E-state index contributed by atoms with van der Waals surface area (Å²) in [6.45, 7) is 2.07. The van der Waals surface area contributed by atoms with E-state index in [0.29, 0.717) is 0 Å². The number of aromatic amines is 2. The van der Waals surface area contributed by atoms with Crippen LogP contribution in [0.3, 0.4) is 0 Å². The molecule has 21 heavy (non-hydrogen) atoms. The normalized spacial score (nSPS) is 12.5. The number of fused-ring (bicyclic) bond motifs is 1. The summed E-state index contributed by atoms with van der Waals surface area (Å²) in [5, 5.41) is 4.14. The van der Waals surface area contributed by atoms with E-state index in [-0.39, 0.29) is 11.7 Å². The molecule has 0 aliphatic heterocycles. The minimum atomic E-state index is -0.209. The van der Waals surface area contributed by atoms with Crippen LogP contribution in [0.15, 0.2) is 45.7 Å². The monoisotopic (exact) mass is 365 g/mol. The van der Waals surface area contributed by atoms with Gasteiger partial charge in [-0.15, -0.1) is 0 Å². The molecular weight excluding hydrogens is 354 g/mol. The number of aromatic nitrogens is 2. The second-order valence-corrected chi connectivity index (χ2v) is 6.17. The van der Waals surface area contributed by atoms with Gasteiger partial charge in [-0.1, -0.05) is 23.7 Å². The molecule has 0 spiro atoms. The third-order valence-electron chi connectivity index (χ3n) is 3.35. The van der Waals surface area contributed by atoms with E-state index in [1.165, 1.54) is 0 Å². The Morgan fingerprint density at radius 2 is 1.76 bits per heavy atom. The number of benzene rings is 2. The zero-order valence-electron chi connectivity index (χ0n) is 11.2. The Morgan fingerprint density at radius 3 is 2.43 bits per heavy atom. The highest BCUT2D eigenvalue weighted by Gasteiger charge is 2.10. The molecule has 2 aromatic carbocycles. The summed E-state index contributed by atoms with van der Waals surface area (Å²) in [6.07, 6.45) is 0. The van der Waals surface area contributed by atoms with E-state index in [2.05, 4.69) is 38.1 Å². The lowest BCUT2D eigenvalue weighted by Gasteiger charge is -2.17. The summed E-state index contributed by atoms with van der Waals surface area (Å²) in [5.74, 6) is 0. The van der Waals surface area contributed by atoms with Crippen molar-refractivity contribution in [2.24, 2.45) is 0 Å². The van der Waals surface area contributed by atoms with Crippen LogP contribution in [0.25, 0.3) is 11.0 Å². The zero-order chi connectivity index (χ0) is 15.0. The average molecular weight is 367 g/mol. The van der Waals surface area contributed by atoms with Crippen molar-refractivity contribution in [1.29, 1.82) is 0 Å². The third kappa shape index (κ3) is 2.99. The predicted molar refractivity (Wildman–Crippen MR) is 90.1 cm³/mol. The van der Waals surface area contributed by atoms with Crippen LogP contribution in [0.5, 0.6) is 0 Å². The molecule has 0 aliphatic carbocycles. The Morgan fingerprint density at radius 1 is 1.14 bits per heavy atom. The van der Waals surface area contributed by atoms with Crippen LogP contribution in [0.2, 0.25) is 5.02 Å². The Hall–Kier alpha value is -1.72. The third-order valence-corrected chi connectivity index (χ3v) is 4.25. The van der Waals surface area contributed by atoms with Gasteiger partial charge in [-0.05, 0) is 52.7 Å². The average Bonchev–Trinajstić information content (AvgIpc) is 2.79. The van der Waals surface area contributed by atoms with Crippen LogP contribution in [0.1, 0.15) is 18.5 Å². The van der Waals surface area contributed by atoms with Gasteiger partial charge in [-0.25, -0.2) is 4.79 Å². The van der Waals surface area contributed by atoms with Crippen molar-refractivity contribution >= 4 is 44.3 Å². The lowest BCUT2D eigenvalue weighted by Crippen LogP contribution is -2.06. The van der Waals surface area contributed by atoms with Gasteiger partial charge in [0, 0.05) is 15.5 Å². The quantitative estimate of drug-likeness (QED) is 0.641. The molecule has 1 unspecified atom stereocenters. The molecule has 3 aromatic rings. The summed E-state index contributed by atoms with van der Waals surface area (Å²) < 4.78 is 0.895. The number of rotatable bonds is 3. The number of H-pyrrole nitrogens is 2. The summed E-state index contributed by atoms with van der Waals surface area (Å²) in [5.41, 5.74) is 3.39. The highest BCUT2D eigenvalue weighted by Crippen LogP contribution is 2.29. The van der Waals surface area contributed by atoms with Gasteiger partial charge in [0.1, 0.15) is 0 Å². The first kappa shape index (κ1) is 14.2.